The highest BCUT2D eigenvalue weighted by Crippen LogP contribution is 2.05. The second-order valence-corrected chi connectivity index (χ2v) is 5.48. The fourth-order valence-electron chi connectivity index (χ4n) is 1.60. The third-order valence-electron chi connectivity index (χ3n) is 2.47. The minimum atomic E-state index is -3.28. The second kappa shape index (κ2) is 6.42. The Morgan fingerprint density at radius 1 is 1.33 bits per heavy atom. The molecule has 0 spiro atoms. The Labute approximate surface area is 92.2 Å². The van der Waals surface area contributed by atoms with Gasteiger partial charge in [0.25, 0.3) is 10.2 Å². The van der Waals surface area contributed by atoms with Gasteiger partial charge in [-0.1, -0.05) is 13.3 Å². The molecule has 0 aromatic heterocycles. The quantitative estimate of drug-likeness (QED) is 0.605. The highest BCUT2D eigenvalue weighted by Gasteiger charge is 2.15. The van der Waals surface area contributed by atoms with E-state index in [1.807, 2.05) is 6.92 Å². The highest BCUT2D eigenvalue weighted by molar-refractivity contribution is 7.87. The van der Waals surface area contributed by atoms with Crippen LogP contribution in [0.2, 0.25) is 0 Å². The molecule has 1 fully saturated rings. The summed E-state index contributed by atoms with van der Waals surface area (Å²) in [7, 11) is -3.28. The zero-order valence-electron chi connectivity index (χ0n) is 9.25. The summed E-state index contributed by atoms with van der Waals surface area (Å²) in [6, 6.07) is 0.289. The molecule has 5 nitrogen and oxygen atoms in total. The lowest BCUT2D eigenvalue weighted by atomic mass is 10.1. The molecule has 1 rings (SSSR count). The molecule has 3 N–H and O–H groups in total. The van der Waals surface area contributed by atoms with Gasteiger partial charge in [0, 0.05) is 19.1 Å². The minimum Gasteiger partial charge on any atom is -0.313 e. The maximum Gasteiger partial charge on any atom is 0.276 e. The van der Waals surface area contributed by atoms with Crippen molar-refractivity contribution in [3.8, 4) is 0 Å². The van der Waals surface area contributed by atoms with Crippen molar-refractivity contribution in [2.75, 3.05) is 19.6 Å². The van der Waals surface area contributed by atoms with E-state index in [-0.39, 0.29) is 6.04 Å². The normalized spacial score (nSPS) is 22.9. The molecule has 1 atom stereocenters. The van der Waals surface area contributed by atoms with Crippen LogP contribution in [-0.2, 0) is 10.2 Å². The van der Waals surface area contributed by atoms with E-state index in [4.69, 9.17) is 0 Å². The fraction of sp³-hybridized carbons (Fsp3) is 1.00. The maximum absolute atomic E-state index is 11.4. The van der Waals surface area contributed by atoms with E-state index >= 15 is 0 Å². The number of hydrogen-bond acceptors (Lipinski definition) is 3. The van der Waals surface area contributed by atoms with Gasteiger partial charge in [0.2, 0.25) is 0 Å². The highest BCUT2D eigenvalue weighted by atomic mass is 32.2. The van der Waals surface area contributed by atoms with Gasteiger partial charge in [0.15, 0.2) is 0 Å². The van der Waals surface area contributed by atoms with E-state index in [2.05, 4.69) is 14.8 Å². The largest absolute Gasteiger partial charge is 0.313 e. The van der Waals surface area contributed by atoms with Crippen molar-refractivity contribution in [3.63, 3.8) is 0 Å². The van der Waals surface area contributed by atoms with Gasteiger partial charge in [0.1, 0.15) is 0 Å². The SMILES string of the molecule is CCCNS(=O)(=O)NCC1CCCCN1. The van der Waals surface area contributed by atoms with Crippen molar-refractivity contribution >= 4 is 10.2 Å². The number of rotatable bonds is 6. The Morgan fingerprint density at radius 2 is 2.13 bits per heavy atom. The summed E-state index contributed by atoms with van der Waals surface area (Å²) in [5, 5.41) is 3.29. The number of nitrogens with one attached hydrogen (secondary N) is 3. The molecule has 90 valence electrons. The van der Waals surface area contributed by atoms with Crippen molar-refractivity contribution in [2.45, 2.75) is 38.6 Å². The summed E-state index contributed by atoms with van der Waals surface area (Å²) in [6.07, 6.45) is 4.23. The predicted molar refractivity (Wildman–Crippen MR) is 60.9 cm³/mol. The molecule has 0 aromatic rings. The van der Waals surface area contributed by atoms with Crippen LogP contribution in [0.25, 0.3) is 0 Å². The molecule has 15 heavy (non-hydrogen) atoms. The van der Waals surface area contributed by atoms with Gasteiger partial charge in [-0.25, -0.2) is 9.44 Å². The van der Waals surface area contributed by atoms with Crippen molar-refractivity contribution in [2.24, 2.45) is 0 Å². The van der Waals surface area contributed by atoms with Crippen LogP contribution >= 0.6 is 0 Å². The molecule has 0 aromatic carbocycles. The molecule has 0 radical (unpaired) electrons. The summed E-state index contributed by atoms with van der Waals surface area (Å²) in [6.45, 7) is 3.91. The molecule has 0 bridgehead atoms. The van der Waals surface area contributed by atoms with Crippen LogP contribution in [0.15, 0.2) is 0 Å². The summed E-state index contributed by atoms with van der Waals surface area (Å²) >= 11 is 0. The van der Waals surface area contributed by atoms with Crippen molar-refractivity contribution in [3.05, 3.63) is 0 Å². The first-order valence-corrected chi connectivity index (χ1v) is 7.10. The van der Waals surface area contributed by atoms with Crippen LogP contribution in [0.3, 0.4) is 0 Å². The molecular formula is C9H21N3O2S. The van der Waals surface area contributed by atoms with Crippen LogP contribution in [0.4, 0.5) is 0 Å². The van der Waals surface area contributed by atoms with Crippen molar-refractivity contribution < 1.29 is 8.42 Å². The summed E-state index contributed by atoms with van der Waals surface area (Å²) in [5.74, 6) is 0. The first kappa shape index (κ1) is 12.9. The summed E-state index contributed by atoms with van der Waals surface area (Å²) < 4.78 is 27.8. The summed E-state index contributed by atoms with van der Waals surface area (Å²) in [5.41, 5.74) is 0. The average molecular weight is 235 g/mol. The molecule has 0 aliphatic carbocycles. The van der Waals surface area contributed by atoms with E-state index < -0.39 is 10.2 Å². The van der Waals surface area contributed by atoms with Crippen LogP contribution < -0.4 is 14.8 Å². The number of hydrogen-bond donors (Lipinski definition) is 3. The zero-order valence-corrected chi connectivity index (χ0v) is 10.1. The molecule has 1 saturated heterocycles. The monoisotopic (exact) mass is 235 g/mol. The van der Waals surface area contributed by atoms with Crippen LogP contribution in [0.1, 0.15) is 32.6 Å². The van der Waals surface area contributed by atoms with E-state index in [1.165, 1.54) is 12.8 Å². The smallest absolute Gasteiger partial charge is 0.276 e. The molecule has 0 saturated carbocycles. The molecule has 0 amide bonds. The fourth-order valence-corrected chi connectivity index (χ4v) is 2.59. The standard InChI is InChI=1S/C9H21N3O2S/c1-2-6-11-15(13,14)12-8-9-5-3-4-7-10-9/h9-12H,2-8H2,1H3. The predicted octanol–water partition coefficient (Wildman–Crippen LogP) is -0.0375. The second-order valence-electron chi connectivity index (χ2n) is 3.89. The first-order chi connectivity index (χ1) is 7.14. The molecule has 1 heterocycles. The Morgan fingerprint density at radius 3 is 2.73 bits per heavy atom. The molecular weight excluding hydrogens is 214 g/mol. The Kier molecular flexibility index (Phi) is 5.52. The Balaban J connectivity index is 2.22. The van der Waals surface area contributed by atoms with Crippen LogP contribution in [0.5, 0.6) is 0 Å². The van der Waals surface area contributed by atoms with E-state index in [9.17, 15) is 8.42 Å². The number of piperidine rings is 1. The lowest BCUT2D eigenvalue weighted by Gasteiger charge is -2.23. The van der Waals surface area contributed by atoms with Gasteiger partial charge < -0.3 is 5.32 Å². The maximum atomic E-state index is 11.4. The Hall–Kier alpha value is -0.170. The van der Waals surface area contributed by atoms with Gasteiger partial charge in [-0.3, -0.25) is 0 Å². The van der Waals surface area contributed by atoms with Crippen LogP contribution in [0, 0.1) is 0 Å². The van der Waals surface area contributed by atoms with Crippen LogP contribution in [-0.4, -0.2) is 34.1 Å². The zero-order chi connectivity index (χ0) is 11.1. The molecule has 1 aliphatic heterocycles. The first-order valence-electron chi connectivity index (χ1n) is 5.61. The van der Waals surface area contributed by atoms with Gasteiger partial charge in [0.05, 0.1) is 0 Å². The van der Waals surface area contributed by atoms with E-state index in [0.717, 1.165) is 19.4 Å². The van der Waals surface area contributed by atoms with Gasteiger partial charge >= 0.3 is 0 Å². The lowest BCUT2D eigenvalue weighted by Crippen LogP contribution is -2.46. The Bertz CT molecular complexity index is 261. The van der Waals surface area contributed by atoms with Gasteiger partial charge in [-0.05, 0) is 25.8 Å². The average Bonchev–Trinajstić information content (AvgIpc) is 2.25. The molecule has 6 heteroatoms. The summed E-state index contributed by atoms with van der Waals surface area (Å²) in [4.78, 5) is 0. The third-order valence-corrected chi connectivity index (χ3v) is 3.61. The molecule has 1 aliphatic rings. The van der Waals surface area contributed by atoms with E-state index in [0.29, 0.717) is 13.1 Å². The lowest BCUT2D eigenvalue weighted by molar-refractivity contribution is 0.397. The van der Waals surface area contributed by atoms with Gasteiger partial charge in [-0.15, -0.1) is 0 Å². The van der Waals surface area contributed by atoms with Crippen molar-refractivity contribution in [1.82, 2.24) is 14.8 Å². The van der Waals surface area contributed by atoms with E-state index in [1.54, 1.807) is 0 Å². The molecule has 1 unspecified atom stereocenters. The van der Waals surface area contributed by atoms with Crippen molar-refractivity contribution in [1.29, 1.82) is 0 Å². The topological polar surface area (TPSA) is 70.2 Å². The van der Waals surface area contributed by atoms with Gasteiger partial charge in [-0.2, -0.15) is 8.42 Å². The minimum absolute atomic E-state index is 0.289. The third kappa shape index (κ3) is 5.46.